The van der Waals surface area contributed by atoms with Gasteiger partial charge in [-0.05, 0) is 83.8 Å². The van der Waals surface area contributed by atoms with E-state index in [4.69, 9.17) is 14.2 Å². The van der Waals surface area contributed by atoms with Crippen LogP contribution in [-0.2, 0) is 14.3 Å². The minimum Gasteiger partial charge on any atom is -0.444 e. The van der Waals surface area contributed by atoms with Gasteiger partial charge in [-0.15, -0.1) is 0 Å². The van der Waals surface area contributed by atoms with Crippen molar-refractivity contribution in [2.45, 2.75) is 118 Å². The molecular formula is C28H46N2O6. The molecule has 8 nitrogen and oxygen atoms in total. The van der Waals surface area contributed by atoms with Crippen molar-refractivity contribution in [1.29, 1.82) is 0 Å². The second kappa shape index (κ2) is 13.5. The van der Waals surface area contributed by atoms with E-state index in [1.807, 2.05) is 45.9 Å². The lowest BCUT2D eigenvalue weighted by molar-refractivity contribution is -0.137. The van der Waals surface area contributed by atoms with E-state index in [0.29, 0.717) is 31.6 Å². The van der Waals surface area contributed by atoms with Gasteiger partial charge in [-0.25, -0.2) is 14.4 Å². The number of ether oxygens (including phenoxy) is 3. The summed E-state index contributed by atoms with van der Waals surface area (Å²) in [6.07, 6.45) is 0.316. The van der Waals surface area contributed by atoms with Crippen LogP contribution in [-0.4, -0.2) is 41.9 Å². The maximum Gasteiger partial charge on any atom is 0.408 e. The lowest BCUT2D eigenvalue weighted by Gasteiger charge is -2.24. The zero-order valence-corrected chi connectivity index (χ0v) is 23.7. The number of hydrogen-bond acceptors (Lipinski definition) is 6. The third kappa shape index (κ3) is 11.8. The first-order valence-corrected chi connectivity index (χ1v) is 12.8. The lowest BCUT2D eigenvalue weighted by atomic mass is 9.94. The summed E-state index contributed by atoms with van der Waals surface area (Å²) in [6, 6.07) is 4.98. The van der Waals surface area contributed by atoms with Gasteiger partial charge in [0, 0.05) is 6.54 Å². The summed E-state index contributed by atoms with van der Waals surface area (Å²) in [5, 5.41) is 5.38. The van der Waals surface area contributed by atoms with Crippen molar-refractivity contribution >= 4 is 18.2 Å². The van der Waals surface area contributed by atoms with Crippen LogP contribution in [0.25, 0.3) is 0 Å². The molecule has 1 rings (SSSR count). The molecule has 1 aromatic carbocycles. The number of hydrogen-bond donors (Lipinski definition) is 2. The van der Waals surface area contributed by atoms with Gasteiger partial charge in [0.05, 0.1) is 0 Å². The van der Waals surface area contributed by atoms with Crippen molar-refractivity contribution in [2.24, 2.45) is 0 Å². The van der Waals surface area contributed by atoms with Crippen molar-refractivity contribution in [1.82, 2.24) is 10.6 Å². The first kappa shape index (κ1) is 31.3. The van der Waals surface area contributed by atoms with Crippen LogP contribution in [0.5, 0.6) is 5.75 Å². The third-order valence-corrected chi connectivity index (χ3v) is 5.09. The maximum atomic E-state index is 13.3. The molecule has 2 amide bonds. The van der Waals surface area contributed by atoms with Gasteiger partial charge in [-0.2, -0.15) is 0 Å². The largest absolute Gasteiger partial charge is 0.444 e. The molecule has 0 aliphatic heterocycles. The molecule has 0 radical (unpaired) electrons. The highest BCUT2D eigenvalue weighted by Gasteiger charge is 2.28. The fourth-order valence-electron chi connectivity index (χ4n) is 3.45. The Bertz CT molecular complexity index is 855. The maximum absolute atomic E-state index is 13.3. The molecule has 0 heterocycles. The quantitative estimate of drug-likeness (QED) is 0.215. The van der Waals surface area contributed by atoms with Gasteiger partial charge < -0.3 is 24.8 Å². The number of esters is 1. The average molecular weight is 507 g/mol. The predicted octanol–water partition coefficient (Wildman–Crippen LogP) is 6.43. The number of para-hydroxylation sites is 1. The number of benzene rings is 1. The monoisotopic (exact) mass is 506 g/mol. The predicted molar refractivity (Wildman–Crippen MR) is 142 cm³/mol. The molecule has 0 aromatic heterocycles. The molecule has 204 valence electrons. The molecule has 0 spiro atoms. The molecule has 1 aromatic rings. The Labute approximate surface area is 216 Å². The smallest absolute Gasteiger partial charge is 0.408 e. The van der Waals surface area contributed by atoms with Crippen LogP contribution >= 0.6 is 0 Å². The minimum absolute atomic E-state index is 0.155. The van der Waals surface area contributed by atoms with Gasteiger partial charge in [-0.3, -0.25) is 0 Å². The zero-order valence-electron chi connectivity index (χ0n) is 23.7. The SMILES string of the molecule is CC(C)c1cccc(C(C)C)c1OC(=O)[C@@H](CCCCNC(=O)OC(C)(C)C)NC(=O)OC(C)(C)C. The first-order valence-electron chi connectivity index (χ1n) is 12.8. The van der Waals surface area contributed by atoms with Gasteiger partial charge in [0.25, 0.3) is 0 Å². The van der Waals surface area contributed by atoms with Crippen molar-refractivity contribution < 1.29 is 28.6 Å². The van der Waals surface area contributed by atoms with E-state index >= 15 is 0 Å². The molecule has 0 aliphatic carbocycles. The van der Waals surface area contributed by atoms with E-state index in [0.717, 1.165) is 11.1 Å². The molecule has 1 atom stereocenters. The summed E-state index contributed by atoms with van der Waals surface area (Å²) >= 11 is 0. The number of unbranched alkanes of at least 4 members (excludes halogenated alkanes) is 1. The highest BCUT2D eigenvalue weighted by molar-refractivity contribution is 5.83. The molecule has 2 N–H and O–H groups in total. The first-order chi connectivity index (χ1) is 16.5. The van der Waals surface area contributed by atoms with Crippen LogP contribution in [0.15, 0.2) is 18.2 Å². The van der Waals surface area contributed by atoms with Gasteiger partial charge in [0.15, 0.2) is 0 Å². The van der Waals surface area contributed by atoms with Gasteiger partial charge >= 0.3 is 18.2 Å². The molecule has 0 unspecified atom stereocenters. The van der Waals surface area contributed by atoms with E-state index in [9.17, 15) is 14.4 Å². The normalized spacial score (nSPS) is 12.8. The molecule has 0 aliphatic rings. The average Bonchev–Trinajstić information content (AvgIpc) is 2.69. The van der Waals surface area contributed by atoms with Crippen molar-refractivity contribution in [3.8, 4) is 5.75 Å². The fourth-order valence-corrected chi connectivity index (χ4v) is 3.45. The Balaban J connectivity index is 2.95. The second-order valence-corrected chi connectivity index (χ2v) is 11.6. The summed E-state index contributed by atoms with van der Waals surface area (Å²) in [4.78, 5) is 37.6. The van der Waals surface area contributed by atoms with Crippen LogP contribution in [0.1, 0.15) is 111 Å². The molecule has 0 saturated heterocycles. The topological polar surface area (TPSA) is 103 Å². The summed E-state index contributed by atoms with van der Waals surface area (Å²) in [7, 11) is 0. The van der Waals surface area contributed by atoms with E-state index < -0.39 is 35.4 Å². The molecular weight excluding hydrogens is 460 g/mol. The number of amides is 2. The molecule has 36 heavy (non-hydrogen) atoms. The van der Waals surface area contributed by atoms with Crippen LogP contribution in [0, 0.1) is 0 Å². The number of alkyl carbamates (subject to hydrolysis) is 2. The van der Waals surface area contributed by atoms with Crippen molar-refractivity contribution in [3.63, 3.8) is 0 Å². The molecule has 0 saturated carbocycles. The Morgan fingerprint density at radius 1 is 0.806 bits per heavy atom. The number of carbonyl (C=O) groups excluding carboxylic acids is 3. The Hall–Kier alpha value is -2.77. The highest BCUT2D eigenvalue weighted by atomic mass is 16.6. The number of nitrogens with one attached hydrogen (secondary N) is 2. The van der Waals surface area contributed by atoms with E-state index in [1.54, 1.807) is 41.5 Å². The molecule has 0 bridgehead atoms. The van der Waals surface area contributed by atoms with Crippen LogP contribution in [0.4, 0.5) is 9.59 Å². The summed E-state index contributed by atoms with van der Waals surface area (Å²) in [6.45, 7) is 19.2. The van der Waals surface area contributed by atoms with Crippen molar-refractivity contribution in [3.05, 3.63) is 29.3 Å². The lowest BCUT2D eigenvalue weighted by Crippen LogP contribution is -2.45. The van der Waals surface area contributed by atoms with Gasteiger partial charge in [0.1, 0.15) is 23.0 Å². The Kier molecular flexibility index (Phi) is 11.7. The number of rotatable bonds is 10. The van der Waals surface area contributed by atoms with Crippen LogP contribution in [0.3, 0.4) is 0 Å². The number of carbonyl (C=O) groups is 3. The summed E-state index contributed by atoms with van der Waals surface area (Å²) in [5.41, 5.74) is 0.599. The standard InChI is InChI=1S/C28H46N2O6/c1-18(2)20-14-13-15-21(19(3)4)23(20)34-24(31)22(30-26(33)36-28(8,9)10)16-11-12-17-29-25(32)35-27(5,6)7/h13-15,18-19,22H,11-12,16-17H2,1-10H3,(H,29,32)(H,30,33)/t22-/m1/s1. The van der Waals surface area contributed by atoms with E-state index in [2.05, 4.69) is 10.6 Å². The minimum atomic E-state index is -0.901. The van der Waals surface area contributed by atoms with E-state index in [-0.39, 0.29) is 11.8 Å². The van der Waals surface area contributed by atoms with Gasteiger partial charge in [0.2, 0.25) is 0 Å². The van der Waals surface area contributed by atoms with Gasteiger partial charge in [-0.1, -0.05) is 45.9 Å². The zero-order chi connectivity index (χ0) is 27.7. The Morgan fingerprint density at radius 3 is 1.78 bits per heavy atom. The summed E-state index contributed by atoms with van der Waals surface area (Å²) < 4.78 is 16.5. The highest BCUT2D eigenvalue weighted by Crippen LogP contribution is 2.34. The second-order valence-electron chi connectivity index (χ2n) is 11.6. The molecule has 8 heteroatoms. The summed E-state index contributed by atoms with van der Waals surface area (Å²) in [5.74, 6) is 0.316. The van der Waals surface area contributed by atoms with E-state index in [1.165, 1.54) is 0 Å². The Morgan fingerprint density at radius 2 is 1.31 bits per heavy atom. The fraction of sp³-hybridized carbons (Fsp3) is 0.679. The van der Waals surface area contributed by atoms with Crippen LogP contribution < -0.4 is 15.4 Å². The molecule has 0 fully saturated rings. The van der Waals surface area contributed by atoms with Crippen molar-refractivity contribution in [2.75, 3.05) is 6.54 Å². The van der Waals surface area contributed by atoms with Crippen LogP contribution in [0.2, 0.25) is 0 Å². The third-order valence-electron chi connectivity index (χ3n) is 5.09.